The second kappa shape index (κ2) is 12.9. The Morgan fingerprint density at radius 3 is 2.76 bits per heavy atom. The number of thioether (sulfide) groups is 1. The van der Waals surface area contributed by atoms with Gasteiger partial charge in [0.25, 0.3) is 0 Å². The number of nitrogens with zero attached hydrogens (tertiary/aromatic N) is 2. The highest BCUT2D eigenvalue weighted by Gasteiger charge is 2.21. The molecule has 5 nitrogen and oxygen atoms in total. The summed E-state index contributed by atoms with van der Waals surface area (Å²) in [5.41, 5.74) is 0. The molecule has 0 aromatic carbocycles. The van der Waals surface area contributed by atoms with Crippen LogP contribution in [0.4, 0.5) is 0 Å². The van der Waals surface area contributed by atoms with Gasteiger partial charge in [0, 0.05) is 43.9 Å². The molecule has 1 aliphatic heterocycles. The molecular formula is C18H33IN4OS. The van der Waals surface area contributed by atoms with Gasteiger partial charge in [-0.25, -0.2) is 0 Å². The lowest BCUT2D eigenvalue weighted by Crippen LogP contribution is -2.50. The van der Waals surface area contributed by atoms with Crippen molar-refractivity contribution < 1.29 is 4.42 Å². The summed E-state index contributed by atoms with van der Waals surface area (Å²) in [5.74, 6) is 3.01. The van der Waals surface area contributed by atoms with Crippen LogP contribution < -0.4 is 10.6 Å². The maximum absolute atomic E-state index is 5.39. The van der Waals surface area contributed by atoms with Crippen molar-refractivity contribution in [3.05, 3.63) is 24.2 Å². The Hall–Kier alpha value is -0.410. The fourth-order valence-electron chi connectivity index (χ4n) is 2.91. The molecule has 1 aromatic heterocycles. The minimum absolute atomic E-state index is 0. The third kappa shape index (κ3) is 8.68. The fraction of sp³-hybridized carbons (Fsp3) is 0.722. The first-order valence-electron chi connectivity index (χ1n) is 8.99. The van der Waals surface area contributed by atoms with Gasteiger partial charge >= 0.3 is 0 Å². The Morgan fingerprint density at radius 1 is 1.40 bits per heavy atom. The van der Waals surface area contributed by atoms with Gasteiger partial charge in [-0.1, -0.05) is 0 Å². The number of piperidine rings is 1. The third-order valence-corrected chi connectivity index (χ3v) is 5.00. The van der Waals surface area contributed by atoms with Crippen LogP contribution in [0.25, 0.3) is 0 Å². The number of likely N-dealkylation sites (tertiary alicyclic amines) is 1. The molecule has 0 bridgehead atoms. The lowest BCUT2D eigenvalue weighted by atomic mass is 10.0. The first-order valence-corrected chi connectivity index (χ1v) is 10.4. The molecule has 2 heterocycles. The van der Waals surface area contributed by atoms with Gasteiger partial charge in [-0.15, -0.1) is 24.0 Å². The molecule has 7 heteroatoms. The molecule has 0 aliphatic carbocycles. The number of rotatable bonds is 8. The summed E-state index contributed by atoms with van der Waals surface area (Å²) in [7, 11) is 0. The fourth-order valence-corrected chi connectivity index (χ4v) is 3.19. The van der Waals surface area contributed by atoms with E-state index in [1.807, 2.05) is 23.9 Å². The number of nitrogens with one attached hydrogen (secondary N) is 2. The SMILES string of the molecule is CSCCN=C(NCCc1ccco1)NC1CCN(C(C)C)CC1.I. The lowest BCUT2D eigenvalue weighted by molar-refractivity contribution is 0.167. The van der Waals surface area contributed by atoms with Gasteiger partial charge in [0.1, 0.15) is 5.76 Å². The van der Waals surface area contributed by atoms with Crippen LogP contribution in [-0.2, 0) is 6.42 Å². The lowest BCUT2D eigenvalue weighted by Gasteiger charge is -2.35. The van der Waals surface area contributed by atoms with E-state index in [2.05, 4.69) is 35.6 Å². The number of guanidine groups is 1. The van der Waals surface area contributed by atoms with Crippen LogP contribution in [0, 0.1) is 0 Å². The van der Waals surface area contributed by atoms with Crippen LogP contribution in [-0.4, -0.2) is 61.1 Å². The predicted octanol–water partition coefficient (Wildman–Crippen LogP) is 3.21. The molecule has 2 N–H and O–H groups in total. The van der Waals surface area contributed by atoms with E-state index in [1.165, 1.54) is 25.9 Å². The first-order chi connectivity index (χ1) is 11.7. The highest BCUT2D eigenvalue weighted by Crippen LogP contribution is 2.12. The highest BCUT2D eigenvalue weighted by atomic mass is 127. The summed E-state index contributed by atoms with van der Waals surface area (Å²) in [6, 6.07) is 5.11. The second-order valence-electron chi connectivity index (χ2n) is 6.53. The van der Waals surface area contributed by atoms with Crippen molar-refractivity contribution in [1.82, 2.24) is 15.5 Å². The smallest absolute Gasteiger partial charge is 0.191 e. The van der Waals surface area contributed by atoms with E-state index >= 15 is 0 Å². The molecule has 25 heavy (non-hydrogen) atoms. The maximum Gasteiger partial charge on any atom is 0.191 e. The molecule has 0 atom stereocenters. The summed E-state index contributed by atoms with van der Waals surface area (Å²) in [5, 5.41) is 7.08. The monoisotopic (exact) mass is 480 g/mol. The van der Waals surface area contributed by atoms with E-state index in [0.717, 1.165) is 37.0 Å². The van der Waals surface area contributed by atoms with E-state index in [4.69, 9.17) is 9.41 Å². The van der Waals surface area contributed by atoms with Crippen LogP contribution >= 0.6 is 35.7 Å². The van der Waals surface area contributed by atoms with Crippen molar-refractivity contribution >= 4 is 41.7 Å². The normalized spacial score (nSPS) is 16.7. The molecule has 0 saturated carbocycles. The van der Waals surface area contributed by atoms with Crippen LogP contribution in [0.2, 0.25) is 0 Å². The van der Waals surface area contributed by atoms with E-state index in [1.54, 1.807) is 6.26 Å². The van der Waals surface area contributed by atoms with Crippen LogP contribution in [0.15, 0.2) is 27.8 Å². The second-order valence-corrected chi connectivity index (χ2v) is 7.51. The van der Waals surface area contributed by atoms with Gasteiger partial charge in [0.15, 0.2) is 5.96 Å². The topological polar surface area (TPSA) is 52.8 Å². The first kappa shape index (κ1) is 22.6. The largest absolute Gasteiger partial charge is 0.469 e. The highest BCUT2D eigenvalue weighted by molar-refractivity contribution is 14.0. The number of hydrogen-bond acceptors (Lipinski definition) is 4. The van der Waals surface area contributed by atoms with Gasteiger partial charge < -0.3 is 20.0 Å². The average Bonchev–Trinajstić information content (AvgIpc) is 3.09. The molecule has 0 amide bonds. The zero-order valence-corrected chi connectivity index (χ0v) is 18.8. The molecule has 0 unspecified atom stereocenters. The molecular weight excluding hydrogens is 447 g/mol. The molecule has 1 saturated heterocycles. The van der Waals surface area contributed by atoms with Crippen molar-refractivity contribution in [3.8, 4) is 0 Å². The molecule has 1 fully saturated rings. The Bertz CT molecular complexity index is 473. The zero-order chi connectivity index (χ0) is 17.2. The summed E-state index contributed by atoms with van der Waals surface area (Å²) in [6.45, 7) is 8.57. The summed E-state index contributed by atoms with van der Waals surface area (Å²) < 4.78 is 5.39. The Morgan fingerprint density at radius 2 is 2.16 bits per heavy atom. The molecule has 0 radical (unpaired) electrons. The molecule has 1 aromatic rings. The van der Waals surface area contributed by atoms with Gasteiger partial charge in [-0.3, -0.25) is 4.99 Å². The minimum Gasteiger partial charge on any atom is -0.469 e. The van der Waals surface area contributed by atoms with Gasteiger partial charge in [-0.2, -0.15) is 11.8 Å². The van der Waals surface area contributed by atoms with Crippen molar-refractivity contribution in [2.24, 2.45) is 4.99 Å². The Labute approximate surface area is 173 Å². The van der Waals surface area contributed by atoms with Crippen molar-refractivity contribution in [2.75, 3.05) is 38.2 Å². The number of furan rings is 1. The summed E-state index contributed by atoms with van der Waals surface area (Å²) in [6.07, 6.45) is 7.08. The van der Waals surface area contributed by atoms with Gasteiger partial charge in [0.2, 0.25) is 0 Å². The van der Waals surface area contributed by atoms with Gasteiger partial charge in [-0.05, 0) is 45.1 Å². The Kier molecular flexibility index (Phi) is 11.6. The van der Waals surface area contributed by atoms with Crippen molar-refractivity contribution in [3.63, 3.8) is 0 Å². The predicted molar refractivity (Wildman–Crippen MR) is 119 cm³/mol. The number of aliphatic imine (C=N–C) groups is 1. The van der Waals surface area contributed by atoms with Crippen molar-refractivity contribution in [2.45, 2.75) is 45.2 Å². The van der Waals surface area contributed by atoms with E-state index < -0.39 is 0 Å². The molecule has 0 spiro atoms. The van der Waals surface area contributed by atoms with E-state index in [-0.39, 0.29) is 24.0 Å². The molecule has 1 aliphatic rings. The van der Waals surface area contributed by atoms with Crippen molar-refractivity contribution in [1.29, 1.82) is 0 Å². The Balaban J connectivity index is 0.00000312. The molecule has 144 valence electrons. The third-order valence-electron chi connectivity index (χ3n) is 4.41. The van der Waals surface area contributed by atoms with Crippen LogP contribution in [0.1, 0.15) is 32.4 Å². The summed E-state index contributed by atoms with van der Waals surface area (Å²) >= 11 is 1.83. The maximum atomic E-state index is 5.39. The number of hydrogen-bond donors (Lipinski definition) is 2. The quantitative estimate of drug-likeness (QED) is 0.259. The minimum atomic E-state index is 0. The van der Waals surface area contributed by atoms with Gasteiger partial charge in [0.05, 0.1) is 12.8 Å². The van der Waals surface area contributed by atoms with Crippen LogP contribution in [0.3, 0.4) is 0 Å². The average molecular weight is 480 g/mol. The number of halogens is 1. The van der Waals surface area contributed by atoms with Crippen LogP contribution in [0.5, 0.6) is 0 Å². The molecule has 2 rings (SSSR count). The van der Waals surface area contributed by atoms with E-state index in [0.29, 0.717) is 12.1 Å². The van der Waals surface area contributed by atoms with E-state index in [9.17, 15) is 0 Å². The zero-order valence-electron chi connectivity index (χ0n) is 15.7. The summed E-state index contributed by atoms with van der Waals surface area (Å²) in [4.78, 5) is 7.26. The standard InChI is InChI=1S/C18H32N4OS.HI/c1-15(2)22-11-7-16(8-12-22)21-18(20-10-14-24-3)19-9-6-17-5-4-13-23-17;/h4-5,13,15-16H,6-12,14H2,1-3H3,(H2,19,20,21);1H.